The van der Waals surface area contributed by atoms with Gasteiger partial charge in [-0.15, -0.1) is 13.2 Å². The van der Waals surface area contributed by atoms with Gasteiger partial charge in [0.15, 0.2) is 0 Å². The van der Waals surface area contributed by atoms with Gasteiger partial charge in [-0.3, -0.25) is 4.79 Å². The van der Waals surface area contributed by atoms with Crippen molar-refractivity contribution < 1.29 is 9.53 Å². The van der Waals surface area contributed by atoms with Crippen LogP contribution < -0.4 is 0 Å². The zero-order valence-electron chi connectivity index (χ0n) is 6.68. The van der Waals surface area contributed by atoms with Gasteiger partial charge in [0.05, 0.1) is 6.26 Å². The van der Waals surface area contributed by atoms with Crippen LogP contribution in [0.3, 0.4) is 0 Å². The molecule has 0 fully saturated rings. The molecule has 11 heavy (non-hydrogen) atoms. The topological polar surface area (TPSA) is 26.3 Å². The second-order valence-electron chi connectivity index (χ2n) is 0.930. The molecule has 0 aromatic carbocycles. The third kappa shape index (κ3) is 112. The molecular weight excluding hydrogens is 164 g/mol. The van der Waals surface area contributed by atoms with E-state index in [1.54, 1.807) is 0 Å². The van der Waals surface area contributed by atoms with Crippen molar-refractivity contribution >= 4 is 17.6 Å². The summed E-state index contributed by atoms with van der Waals surface area (Å²) >= 11 is 4.76. The molecule has 0 atom stereocenters. The van der Waals surface area contributed by atoms with Crippen LogP contribution in [0.25, 0.3) is 0 Å². The van der Waals surface area contributed by atoms with Crippen LogP contribution in [0.15, 0.2) is 38.1 Å². The Kier molecular flexibility index (Phi) is 34.6. The summed E-state index contributed by atoms with van der Waals surface area (Å²) in [6.07, 6.45) is 1.10. The average molecular weight is 177 g/mol. The first-order valence-corrected chi connectivity index (χ1v) is 3.12. The van der Waals surface area contributed by atoms with Crippen molar-refractivity contribution in [3.05, 3.63) is 38.1 Å². The Labute approximate surface area is 72.8 Å². The average Bonchev–Trinajstić information content (AvgIpc) is 1.93. The maximum atomic E-state index is 9.75. The number of ether oxygens (including phenoxy) is 1. The van der Waals surface area contributed by atoms with Crippen LogP contribution in [0.5, 0.6) is 0 Å². The van der Waals surface area contributed by atoms with Gasteiger partial charge in [0.25, 0.3) is 0 Å². The molecule has 64 valence electrons. The highest BCUT2D eigenvalue weighted by molar-refractivity contribution is 6.25. The molecule has 0 aliphatic heterocycles. The fraction of sp³-hybridized carbons (Fsp3) is 0.125. The molecule has 0 amide bonds. The van der Waals surface area contributed by atoms with Gasteiger partial charge in [0, 0.05) is 6.92 Å². The van der Waals surface area contributed by atoms with Crippen molar-refractivity contribution in [1.82, 2.24) is 0 Å². The smallest absolute Gasteiger partial charge is 0.307 e. The van der Waals surface area contributed by atoms with E-state index in [2.05, 4.69) is 31.1 Å². The molecule has 0 aromatic rings. The Morgan fingerprint density at radius 2 is 1.73 bits per heavy atom. The lowest BCUT2D eigenvalue weighted by Gasteiger charge is -1.83. The number of esters is 1. The molecule has 0 unspecified atom stereocenters. The molecular formula is C8H13ClO2. The van der Waals surface area contributed by atoms with E-state index in [1.807, 2.05) is 0 Å². The molecule has 0 radical (unpaired) electrons. The van der Waals surface area contributed by atoms with Crippen molar-refractivity contribution in [2.75, 3.05) is 0 Å². The standard InChI is InChI=1S/C4H6O2.C2H3Cl.C2H4/c1-3-6-4(2)5;1-2-3;1-2/h3H,1H2,2H3;2H,1H2;1-2H2. The van der Waals surface area contributed by atoms with E-state index in [-0.39, 0.29) is 5.97 Å². The monoisotopic (exact) mass is 176 g/mol. The summed E-state index contributed by atoms with van der Waals surface area (Å²) in [4.78, 5) is 9.75. The Balaban J connectivity index is -0.000000109. The Morgan fingerprint density at radius 1 is 1.45 bits per heavy atom. The summed E-state index contributed by atoms with van der Waals surface area (Å²) in [5, 5.41) is 0. The molecule has 0 spiro atoms. The zero-order valence-corrected chi connectivity index (χ0v) is 7.43. The van der Waals surface area contributed by atoms with Gasteiger partial charge in [-0.2, -0.15) is 0 Å². The fourth-order valence-corrected chi connectivity index (χ4v) is 0.117. The first kappa shape index (κ1) is 16.5. The summed E-state index contributed by atoms with van der Waals surface area (Å²) < 4.78 is 4.17. The summed E-state index contributed by atoms with van der Waals surface area (Å²) in [6, 6.07) is 0. The molecule has 0 saturated heterocycles. The van der Waals surface area contributed by atoms with Gasteiger partial charge in [-0.1, -0.05) is 24.8 Å². The lowest BCUT2D eigenvalue weighted by Crippen LogP contribution is -1.87. The number of hydrogen-bond donors (Lipinski definition) is 0. The highest BCUT2D eigenvalue weighted by Crippen LogP contribution is 1.70. The van der Waals surface area contributed by atoms with E-state index >= 15 is 0 Å². The third-order valence-corrected chi connectivity index (χ3v) is 0.249. The molecule has 2 nitrogen and oxygen atoms in total. The fourth-order valence-electron chi connectivity index (χ4n) is 0.117. The van der Waals surface area contributed by atoms with E-state index in [0.29, 0.717) is 0 Å². The van der Waals surface area contributed by atoms with E-state index in [4.69, 9.17) is 11.6 Å². The lowest BCUT2D eigenvalue weighted by atomic mass is 10.8. The van der Waals surface area contributed by atoms with E-state index < -0.39 is 0 Å². The summed E-state index contributed by atoms with van der Waals surface area (Å²) in [5.74, 6) is -0.329. The van der Waals surface area contributed by atoms with Gasteiger partial charge in [0.1, 0.15) is 0 Å². The maximum Gasteiger partial charge on any atom is 0.307 e. The van der Waals surface area contributed by atoms with Crippen LogP contribution in [0.4, 0.5) is 0 Å². The zero-order chi connectivity index (χ0) is 9.70. The third-order valence-electron chi connectivity index (χ3n) is 0.249. The minimum atomic E-state index is -0.329. The summed E-state index contributed by atoms with van der Waals surface area (Å²) in [5.41, 5.74) is 1.22. The predicted octanol–water partition coefficient (Wildman–Crippen LogP) is 2.86. The van der Waals surface area contributed by atoms with Crippen LogP contribution in [0, 0.1) is 0 Å². The molecule has 0 rings (SSSR count). The number of carbonyl (C=O) groups is 1. The Bertz CT molecular complexity index is 111. The Morgan fingerprint density at radius 3 is 1.73 bits per heavy atom. The van der Waals surface area contributed by atoms with Crippen LogP contribution in [0.2, 0.25) is 0 Å². The van der Waals surface area contributed by atoms with E-state index in [1.165, 1.54) is 12.5 Å². The number of hydrogen-bond acceptors (Lipinski definition) is 2. The SMILES string of the molecule is C=C.C=CCl.C=COC(C)=O. The number of halogens is 1. The van der Waals surface area contributed by atoms with Gasteiger partial charge < -0.3 is 4.74 Å². The molecule has 3 heteroatoms. The van der Waals surface area contributed by atoms with Crippen molar-refractivity contribution in [3.63, 3.8) is 0 Å². The summed E-state index contributed by atoms with van der Waals surface area (Å²) in [6.45, 7) is 13.6. The first-order valence-electron chi connectivity index (χ1n) is 2.68. The number of rotatable bonds is 1. The van der Waals surface area contributed by atoms with Gasteiger partial charge in [-0.05, 0) is 5.54 Å². The quantitative estimate of drug-likeness (QED) is 0.349. The van der Waals surface area contributed by atoms with Crippen LogP contribution in [-0.2, 0) is 9.53 Å². The van der Waals surface area contributed by atoms with Gasteiger partial charge in [-0.25, -0.2) is 0 Å². The first-order chi connectivity index (χ1) is 5.18. The van der Waals surface area contributed by atoms with Gasteiger partial charge in [0.2, 0.25) is 0 Å². The second kappa shape index (κ2) is 23.1. The van der Waals surface area contributed by atoms with Crippen LogP contribution in [-0.4, -0.2) is 5.97 Å². The minimum absolute atomic E-state index is 0.329. The van der Waals surface area contributed by atoms with Crippen LogP contribution >= 0.6 is 11.6 Å². The summed E-state index contributed by atoms with van der Waals surface area (Å²) in [7, 11) is 0. The largest absolute Gasteiger partial charge is 0.435 e. The van der Waals surface area contributed by atoms with Crippen LogP contribution in [0.1, 0.15) is 6.92 Å². The second-order valence-corrected chi connectivity index (χ2v) is 1.24. The molecule has 0 N–H and O–H groups in total. The molecule has 0 aliphatic carbocycles. The normalized spacial score (nSPS) is 5.27. The number of carbonyl (C=O) groups excluding carboxylic acids is 1. The van der Waals surface area contributed by atoms with E-state index in [0.717, 1.165) is 6.26 Å². The molecule has 0 saturated carbocycles. The molecule has 0 aromatic heterocycles. The Hall–Kier alpha value is -1.02. The highest BCUT2D eigenvalue weighted by atomic mass is 35.5. The van der Waals surface area contributed by atoms with Crippen molar-refractivity contribution in [3.8, 4) is 0 Å². The molecule has 0 bridgehead atoms. The van der Waals surface area contributed by atoms with Crippen molar-refractivity contribution in [2.45, 2.75) is 6.92 Å². The molecule has 0 aliphatic rings. The lowest BCUT2D eigenvalue weighted by molar-refractivity contribution is -0.135. The van der Waals surface area contributed by atoms with Gasteiger partial charge >= 0.3 is 5.97 Å². The predicted molar refractivity (Wildman–Crippen MR) is 49.3 cm³/mol. The van der Waals surface area contributed by atoms with E-state index in [9.17, 15) is 4.79 Å². The molecule has 0 heterocycles. The van der Waals surface area contributed by atoms with Crippen molar-refractivity contribution in [1.29, 1.82) is 0 Å². The van der Waals surface area contributed by atoms with Crippen molar-refractivity contribution in [2.24, 2.45) is 0 Å². The minimum Gasteiger partial charge on any atom is -0.435 e. The maximum absolute atomic E-state index is 9.75. The highest BCUT2D eigenvalue weighted by Gasteiger charge is 1.79.